The second-order valence-corrected chi connectivity index (χ2v) is 4.98. The number of nitrogens with two attached hydrogens (primary N) is 1. The zero-order valence-corrected chi connectivity index (χ0v) is 10.0. The smallest absolute Gasteiger partial charge is 0.134 e. The molecule has 0 amide bonds. The van der Waals surface area contributed by atoms with Crippen LogP contribution in [0, 0.1) is 0 Å². The Balaban J connectivity index is 1.80. The van der Waals surface area contributed by atoms with Gasteiger partial charge in [-0.3, -0.25) is 0 Å². The minimum Gasteiger partial charge on any atom is -0.497 e. The number of furan rings is 1. The Morgan fingerprint density at radius 2 is 2.18 bits per heavy atom. The summed E-state index contributed by atoms with van der Waals surface area (Å²) in [5.74, 6) is 1.88. The third-order valence-electron chi connectivity index (χ3n) is 3.54. The number of rotatable bonds is 4. The van der Waals surface area contributed by atoms with Crippen LogP contribution in [-0.2, 0) is 6.42 Å². The Morgan fingerprint density at radius 1 is 1.35 bits per heavy atom. The van der Waals surface area contributed by atoms with E-state index in [0.29, 0.717) is 0 Å². The van der Waals surface area contributed by atoms with Crippen LogP contribution in [0.15, 0.2) is 28.7 Å². The van der Waals surface area contributed by atoms with E-state index in [4.69, 9.17) is 14.9 Å². The van der Waals surface area contributed by atoms with Crippen LogP contribution < -0.4 is 10.5 Å². The van der Waals surface area contributed by atoms with E-state index in [9.17, 15) is 0 Å². The molecular weight excluding hydrogens is 214 g/mol. The Morgan fingerprint density at radius 3 is 2.88 bits per heavy atom. The molecule has 17 heavy (non-hydrogen) atoms. The molecule has 0 aliphatic heterocycles. The minimum atomic E-state index is 0.0939. The zero-order valence-electron chi connectivity index (χ0n) is 10.0. The van der Waals surface area contributed by atoms with Crippen LogP contribution in [0.5, 0.6) is 5.75 Å². The number of benzene rings is 1. The summed E-state index contributed by atoms with van der Waals surface area (Å²) in [5.41, 5.74) is 7.09. The summed E-state index contributed by atoms with van der Waals surface area (Å²) in [4.78, 5) is 0. The van der Waals surface area contributed by atoms with E-state index >= 15 is 0 Å². The Labute approximate surface area is 101 Å². The van der Waals surface area contributed by atoms with Crippen LogP contribution in [-0.4, -0.2) is 12.6 Å². The fourth-order valence-corrected chi connectivity index (χ4v) is 2.11. The van der Waals surface area contributed by atoms with Crippen LogP contribution in [0.25, 0.3) is 11.0 Å². The zero-order chi connectivity index (χ0) is 11.9. The SMILES string of the molecule is COc1ccc2oc(CCC3(N)CC3)cc2c1. The summed E-state index contributed by atoms with van der Waals surface area (Å²) in [6, 6.07) is 7.95. The largest absolute Gasteiger partial charge is 0.497 e. The van der Waals surface area contributed by atoms with Gasteiger partial charge in [-0.1, -0.05) is 0 Å². The second kappa shape index (κ2) is 3.77. The van der Waals surface area contributed by atoms with E-state index in [1.807, 2.05) is 18.2 Å². The average Bonchev–Trinajstić information content (AvgIpc) is 2.93. The average molecular weight is 231 g/mol. The molecule has 0 atom stereocenters. The number of ether oxygens (including phenoxy) is 1. The first-order valence-corrected chi connectivity index (χ1v) is 6.04. The van der Waals surface area contributed by atoms with E-state index < -0.39 is 0 Å². The molecule has 1 saturated carbocycles. The third kappa shape index (κ3) is 2.15. The highest BCUT2D eigenvalue weighted by Crippen LogP contribution is 2.37. The molecule has 0 saturated heterocycles. The quantitative estimate of drug-likeness (QED) is 0.880. The molecule has 0 bridgehead atoms. The number of fused-ring (bicyclic) bond motifs is 1. The molecule has 90 valence electrons. The van der Waals surface area contributed by atoms with Crippen molar-refractivity contribution in [1.29, 1.82) is 0 Å². The van der Waals surface area contributed by atoms with E-state index in [1.54, 1.807) is 7.11 Å². The lowest BCUT2D eigenvalue weighted by Gasteiger charge is -2.04. The van der Waals surface area contributed by atoms with Crippen LogP contribution in [0.3, 0.4) is 0 Å². The summed E-state index contributed by atoms with van der Waals surface area (Å²) in [7, 11) is 1.67. The topological polar surface area (TPSA) is 48.4 Å². The van der Waals surface area contributed by atoms with E-state index in [-0.39, 0.29) is 5.54 Å². The maximum absolute atomic E-state index is 6.07. The monoisotopic (exact) mass is 231 g/mol. The van der Waals surface area contributed by atoms with Crippen molar-refractivity contribution in [2.75, 3.05) is 7.11 Å². The number of methoxy groups -OCH3 is 1. The van der Waals surface area contributed by atoms with Crippen molar-refractivity contribution in [3.05, 3.63) is 30.0 Å². The fourth-order valence-electron chi connectivity index (χ4n) is 2.11. The van der Waals surface area contributed by atoms with Crippen molar-refractivity contribution in [2.45, 2.75) is 31.2 Å². The Bertz CT molecular complexity index is 540. The molecule has 3 rings (SSSR count). The van der Waals surface area contributed by atoms with Crippen LogP contribution >= 0.6 is 0 Å². The first-order chi connectivity index (χ1) is 8.18. The third-order valence-corrected chi connectivity index (χ3v) is 3.54. The molecule has 3 heteroatoms. The molecule has 1 aliphatic rings. The predicted molar refractivity (Wildman–Crippen MR) is 67.2 cm³/mol. The maximum Gasteiger partial charge on any atom is 0.134 e. The van der Waals surface area contributed by atoms with Crippen molar-refractivity contribution in [3.8, 4) is 5.75 Å². The van der Waals surface area contributed by atoms with Crippen molar-refractivity contribution in [2.24, 2.45) is 5.73 Å². The highest BCUT2D eigenvalue weighted by molar-refractivity contribution is 5.79. The first-order valence-electron chi connectivity index (χ1n) is 6.04. The molecule has 1 aliphatic carbocycles. The molecule has 0 unspecified atom stereocenters. The summed E-state index contributed by atoms with van der Waals surface area (Å²) in [5, 5.41) is 1.10. The van der Waals surface area contributed by atoms with Crippen molar-refractivity contribution >= 4 is 11.0 Å². The number of aryl methyl sites for hydroxylation is 1. The molecular formula is C14H17NO2. The summed E-state index contributed by atoms with van der Waals surface area (Å²) in [6.07, 6.45) is 4.25. The fraction of sp³-hybridized carbons (Fsp3) is 0.429. The number of hydrogen-bond acceptors (Lipinski definition) is 3. The Hall–Kier alpha value is -1.48. The standard InChI is InChI=1S/C14H17NO2/c1-16-11-2-3-13-10(8-11)9-12(17-13)4-5-14(15)6-7-14/h2-3,8-9H,4-7,15H2,1H3. The number of hydrogen-bond donors (Lipinski definition) is 1. The van der Waals surface area contributed by atoms with Gasteiger partial charge in [0.25, 0.3) is 0 Å². The molecule has 1 aromatic heterocycles. The molecule has 0 spiro atoms. The van der Waals surface area contributed by atoms with Gasteiger partial charge in [0.15, 0.2) is 0 Å². The minimum absolute atomic E-state index is 0.0939. The van der Waals surface area contributed by atoms with Gasteiger partial charge in [0.05, 0.1) is 7.11 Å². The lowest BCUT2D eigenvalue weighted by molar-refractivity contribution is 0.415. The van der Waals surface area contributed by atoms with Crippen LogP contribution in [0.2, 0.25) is 0 Å². The maximum atomic E-state index is 6.07. The van der Waals surface area contributed by atoms with Gasteiger partial charge < -0.3 is 14.9 Å². The molecule has 1 heterocycles. The van der Waals surface area contributed by atoms with Crippen LogP contribution in [0.1, 0.15) is 25.0 Å². The normalized spacial score (nSPS) is 17.3. The van der Waals surface area contributed by atoms with Crippen LogP contribution in [0.4, 0.5) is 0 Å². The van der Waals surface area contributed by atoms with Gasteiger partial charge in [-0.25, -0.2) is 0 Å². The van der Waals surface area contributed by atoms with Gasteiger partial charge in [-0.2, -0.15) is 0 Å². The Kier molecular flexibility index (Phi) is 2.37. The van der Waals surface area contributed by atoms with E-state index in [0.717, 1.165) is 48.2 Å². The molecule has 2 N–H and O–H groups in total. The second-order valence-electron chi connectivity index (χ2n) is 4.98. The molecule has 2 aromatic rings. The molecule has 1 fully saturated rings. The molecule has 3 nitrogen and oxygen atoms in total. The highest BCUT2D eigenvalue weighted by atomic mass is 16.5. The summed E-state index contributed by atoms with van der Waals surface area (Å²) >= 11 is 0. The summed E-state index contributed by atoms with van der Waals surface area (Å²) < 4.78 is 11.0. The predicted octanol–water partition coefficient (Wildman–Crippen LogP) is 2.87. The summed E-state index contributed by atoms with van der Waals surface area (Å²) in [6.45, 7) is 0. The van der Waals surface area contributed by atoms with Crippen molar-refractivity contribution in [1.82, 2.24) is 0 Å². The first kappa shape index (κ1) is 10.7. The van der Waals surface area contributed by atoms with Gasteiger partial charge >= 0.3 is 0 Å². The van der Waals surface area contributed by atoms with E-state index in [2.05, 4.69) is 6.07 Å². The molecule has 1 aromatic carbocycles. The highest BCUT2D eigenvalue weighted by Gasteiger charge is 2.37. The van der Waals surface area contributed by atoms with Gasteiger partial charge in [-0.15, -0.1) is 0 Å². The van der Waals surface area contributed by atoms with Gasteiger partial charge in [-0.05, 0) is 43.5 Å². The van der Waals surface area contributed by atoms with Gasteiger partial charge in [0.2, 0.25) is 0 Å². The van der Waals surface area contributed by atoms with Crippen molar-refractivity contribution < 1.29 is 9.15 Å². The lowest BCUT2D eigenvalue weighted by atomic mass is 10.1. The van der Waals surface area contributed by atoms with E-state index in [1.165, 1.54) is 0 Å². The lowest BCUT2D eigenvalue weighted by Crippen LogP contribution is -2.21. The van der Waals surface area contributed by atoms with Gasteiger partial charge in [0.1, 0.15) is 17.1 Å². The van der Waals surface area contributed by atoms with Crippen molar-refractivity contribution in [3.63, 3.8) is 0 Å². The van der Waals surface area contributed by atoms with Gasteiger partial charge in [0, 0.05) is 17.3 Å². The molecule has 0 radical (unpaired) electrons.